The molecule has 2 unspecified atom stereocenters. The Hall–Kier alpha value is -1.03. The van der Waals surface area contributed by atoms with E-state index in [0.717, 1.165) is 37.7 Å². The molecular formula is C13H24N4. The summed E-state index contributed by atoms with van der Waals surface area (Å²) in [7, 11) is 0. The van der Waals surface area contributed by atoms with Gasteiger partial charge in [-0.25, -0.2) is 0 Å². The van der Waals surface area contributed by atoms with Crippen molar-refractivity contribution in [3.05, 3.63) is 12.3 Å². The lowest BCUT2D eigenvalue weighted by Gasteiger charge is -2.36. The van der Waals surface area contributed by atoms with E-state index in [1.165, 1.54) is 12.8 Å². The predicted octanol–water partition coefficient (Wildman–Crippen LogP) is 2.22. The molecule has 1 aromatic rings. The van der Waals surface area contributed by atoms with Crippen LogP contribution in [0.2, 0.25) is 0 Å². The van der Waals surface area contributed by atoms with Crippen molar-refractivity contribution in [3.8, 4) is 0 Å². The van der Waals surface area contributed by atoms with Gasteiger partial charge in [0.2, 0.25) is 0 Å². The molecule has 3 N–H and O–H groups in total. The summed E-state index contributed by atoms with van der Waals surface area (Å²) >= 11 is 0. The fourth-order valence-electron chi connectivity index (χ4n) is 2.76. The van der Waals surface area contributed by atoms with Crippen LogP contribution < -0.4 is 11.1 Å². The summed E-state index contributed by atoms with van der Waals surface area (Å²) < 4.78 is 1.93. The molecule has 4 heteroatoms. The number of nitrogens with two attached hydrogens (primary N) is 1. The Labute approximate surface area is 104 Å². The first-order valence-electron chi connectivity index (χ1n) is 6.67. The monoisotopic (exact) mass is 236 g/mol. The van der Waals surface area contributed by atoms with Crippen molar-refractivity contribution in [3.63, 3.8) is 0 Å². The lowest BCUT2D eigenvalue weighted by Crippen LogP contribution is -2.49. The normalized spacial score (nSPS) is 29.2. The summed E-state index contributed by atoms with van der Waals surface area (Å²) in [5.41, 5.74) is 6.39. The Kier molecular flexibility index (Phi) is 3.72. The molecule has 1 aliphatic carbocycles. The minimum atomic E-state index is -0.0480. The van der Waals surface area contributed by atoms with Gasteiger partial charge in [-0.1, -0.05) is 19.8 Å². The van der Waals surface area contributed by atoms with E-state index in [1.807, 2.05) is 16.9 Å². The Bertz CT molecular complexity index is 360. The molecular weight excluding hydrogens is 212 g/mol. The predicted molar refractivity (Wildman–Crippen MR) is 70.9 cm³/mol. The number of nitrogens with one attached hydrogen (secondary N) is 1. The molecule has 4 nitrogen and oxygen atoms in total. The molecule has 17 heavy (non-hydrogen) atoms. The number of nitrogens with zero attached hydrogens (tertiary/aromatic N) is 2. The van der Waals surface area contributed by atoms with Gasteiger partial charge in [-0.3, -0.25) is 4.68 Å². The van der Waals surface area contributed by atoms with Crippen LogP contribution >= 0.6 is 0 Å². The van der Waals surface area contributed by atoms with Gasteiger partial charge in [0, 0.05) is 30.9 Å². The highest BCUT2D eigenvalue weighted by Gasteiger charge is 2.30. The summed E-state index contributed by atoms with van der Waals surface area (Å²) in [5, 5.41) is 7.79. The minimum Gasteiger partial charge on any atom is -0.367 e. The molecule has 0 radical (unpaired) electrons. The van der Waals surface area contributed by atoms with E-state index in [9.17, 15) is 0 Å². The zero-order valence-corrected chi connectivity index (χ0v) is 10.9. The molecule has 1 saturated carbocycles. The largest absolute Gasteiger partial charge is 0.367 e. The Morgan fingerprint density at radius 2 is 2.47 bits per heavy atom. The van der Waals surface area contributed by atoms with E-state index < -0.39 is 0 Å². The minimum absolute atomic E-state index is 0.0480. The summed E-state index contributed by atoms with van der Waals surface area (Å²) in [5.74, 6) is 1.69. The molecule has 0 spiro atoms. The first-order valence-corrected chi connectivity index (χ1v) is 6.67. The van der Waals surface area contributed by atoms with Crippen LogP contribution in [0.1, 0.15) is 39.5 Å². The second kappa shape index (κ2) is 5.08. The van der Waals surface area contributed by atoms with Crippen molar-refractivity contribution in [1.82, 2.24) is 9.78 Å². The molecule has 1 fully saturated rings. The maximum atomic E-state index is 6.44. The summed E-state index contributed by atoms with van der Waals surface area (Å²) in [6, 6.07) is 2.01. The lowest BCUT2D eigenvalue weighted by molar-refractivity contribution is 0.248. The van der Waals surface area contributed by atoms with Crippen molar-refractivity contribution in [2.75, 3.05) is 11.9 Å². The highest BCUT2D eigenvalue weighted by atomic mass is 15.3. The van der Waals surface area contributed by atoms with Crippen LogP contribution in [-0.4, -0.2) is 21.9 Å². The Morgan fingerprint density at radius 1 is 1.65 bits per heavy atom. The maximum Gasteiger partial charge on any atom is 0.148 e. The molecule has 1 heterocycles. The second-order valence-electron chi connectivity index (χ2n) is 5.47. The zero-order valence-electron chi connectivity index (χ0n) is 10.9. The number of hydrogen-bond acceptors (Lipinski definition) is 3. The third kappa shape index (κ3) is 3.22. The van der Waals surface area contributed by atoms with Crippen LogP contribution in [0.5, 0.6) is 0 Å². The molecule has 2 rings (SSSR count). The molecule has 1 aliphatic rings. The average Bonchev–Trinajstić information content (AvgIpc) is 2.74. The first-order chi connectivity index (χ1) is 8.11. The van der Waals surface area contributed by atoms with Crippen molar-refractivity contribution in [2.45, 2.75) is 51.6 Å². The first kappa shape index (κ1) is 12.4. The average molecular weight is 236 g/mol. The molecule has 0 aliphatic heterocycles. The van der Waals surface area contributed by atoms with Crippen LogP contribution in [0, 0.1) is 5.92 Å². The molecule has 0 bridgehead atoms. The van der Waals surface area contributed by atoms with Gasteiger partial charge in [-0.05, 0) is 25.7 Å². The van der Waals surface area contributed by atoms with Crippen LogP contribution in [0.4, 0.5) is 5.82 Å². The molecule has 96 valence electrons. The van der Waals surface area contributed by atoms with Gasteiger partial charge in [0.1, 0.15) is 5.82 Å². The quantitative estimate of drug-likeness (QED) is 0.843. The SMILES string of the molecule is CCn1ccc(NCC2(N)CCCC(C)C2)n1. The van der Waals surface area contributed by atoms with Crippen LogP contribution in [0.25, 0.3) is 0 Å². The number of aryl methyl sites for hydroxylation is 1. The van der Waals surface area contributed by atoms with Gasteiger partial charge >= 0.3 is 0 Å². The molecule has 1 aromatic heterocycles. The third-order valence-corrected chi connectivity index (χ3v) is 3.71. The standard InChI is InChI=1S/C13H24N4/c1-3-17-8-6-12(16-17)15-10-13(14)7-4-5-11(2)9-13/h6,8,11H,3-5,7,9-10,14H2,1-2H3,(H,15,16). The second-order valence-corrected chi connectivity index (χ2v) is 5.47. The van der Waals surface area contributed by atoms with Gasteiger partial charge in [-0.2, -0.15) is 5.10 Å². The van der Waals surface area contributed by atoms with E-state index in [-0.39, 0.29) is 5.54 Å². The van der Waals surface area contributed by atoms with E-state index in [2.05, 4.69) is 24.3 Å². The summed E-state index contributed by atoms with van der Waals surface area (Å²) in [4.78, 5) is 0. The summed E-state index contributed by atoms with van der Waals surface area (Å²) in [6.45, 7) is 6.13. The highest BCUT2D eigenvalue weighted by molar-refractivity contribution is 5.33. The number of anilines is 1. The van der Waals surface area contributed by atoms with Gasteiger partial charge in [0.25, 0.3) is 0 Å². The van der Waals surface area contributed by atoms with Gasteiger partial charge in [0.15, 0.2) is 0 Å². The van der Waals surface area contributed by atoms with Crippen molar-refractivity contribution in [1.29, 1.82) is 0 Å². The fourth-order valence-corrected chi connectivity index (χ4v) is 2.76. The van der Waals surface area contributed by atoms with Crippen molar-refractivity contribution < 1.29 is 0 Å². The van der Waals surface area contributed by atoms with Gasteiger partial charge in [0.05, 0.1) is 0 Å². The van der Waals surface area contributed by atoms with Crippen LogP contribution in [0.3, 0.4) is 0 Å². The van der Waals surface area contributed by atoms with Crippen molar-refractivity contribution in [2.24, 2.45) is 11.7 Å². The smallest absolute Gasteiger partial charge is 0.148 e. The molecule has 0 aromatic carbocycles. The van der Waals surface area contributed by atoms with Crippen molar-refractivity contribution >= 4 is 5.82 Å². The van der Waals surface area contributed by atoms with E-state index in [0.29, 0.717) is 0 Å². The molecule has 0 saturated heterocycles. The van der Waals surface area contributed by atoms with E-state index >= 15 is 0 Å². The fraction of sp³-hybridized carbons (Fsp3) is 0.769. The zero-order chi connectivity index (χ0) is 12.3. The number of rotatable bonds is 4. The maximum absolute atomic E-state index is 6.44. The number of aromatic nitrogens is 2. The molecule has 2 atom stereocenters. The Morgan fingerprint density at radius 3 is 3.12 bits per heavy atom. The third-order valence-electron chi connectivity index (χ3n) is 3.71. The Balaban J connectivity index is 1.88. The highest BCUT2D eigenvalue weighted by Crippen LogP contribution is 2.30. The topological polar surface area (TPSA) is 55.9 Å². The molecule has 0 amide bonds. The van der Waals surface area contributed by atoms with Crippen LogP contribution in [-0.2, 0) is 6.54 Å². The lowest BCUT2D eigenvalue weighted by atomic mass is 9.77. The van der Waals surface area contributed by atoms with E-state index in [4.69, 9.17) is 5.73 Å². The number of hydrogen-bond donors (Lipinski definition) is 2. The van der Waals surface area contributed by atoms with Gasteiger partial charge < -0.3 is 11.1 Å². The van der Waals surface area contributed by atoms with E-state index in [1.54, 1.807) is 0 Å². The van der Waals surface area contributed by atoms with Crippen LogP contribution in [0.15, 0.2) is 12.3 Å². The summed E-state index contributed by atoms with van der Waals surface area (Å²) in [6.07, 6.45) is 6.81. The van der Waals surface area contributed by atoms with Gasteiger partial charge in [-0.15, -0.1) is 0 Å².